The first-order valence-corrected chi connectivity index (χ1v) is 11.7. The Morgan fingerprint density at radius 2 is 1.81 bits per heavy atom. The van der Waals surface area contributed by atoms with Crippen LogP contribution in [0.3, 0.4) is 0 Å². The predicted molar refractivity (Wildman–Crippen MR) is 123 cm³/mol. The van der Waals surface area contributed by atoms with E-state index in [1.54, 1.807) is 7.11 Å². The number of likely N-dealkylation sites (N-methyl/N-ethyl adjacent to an activating group) is 1. The molecule has 4 heterocycles. The number of hydrogen-bond donors (Lipinski definition) is 2. The zero-order chi connectivity index (χ0) is 22.2. The van der Waals surface area contributed by atoms with E-state index in [4.69, 9.17) is 14.8 Å². The third-order valence-electron chi connectivity index (χ3n) is 6.99. The smallest absolute Gasteiger partial charge is 0.273 e. The third kappa shape index (κ3) is 3.79. The molecule has 1 saturated heterocycles. The standard InChI is InChI=1S/C23H33N7O2/c1-15-19-20(30(27-15)16-7-5-4-6-8-16)22(31)26-21(25-19)17-9-10-18(24-23(17)32-3)29-13-11-28(2)12-14-29/h9-10,16,21,25H,4-8,11-14H2,1-3H3,(H,26,31). The van der Waals surface area contributed by atoms with Crippen LogP contribution in [0.1, 0.15) is 66.1 Å². The lowest BCUT2D eigenvalue weighted by Crippen LogP contribution is -2.45. The summed E-state index contributed by atoms with van der Waals surface area (Å²) in [5.74, 6) is 1.34. The first-order valence-electron chi connectivity index (χ1n) is 11.7. The molecule has 1 saturated carbocycles. The molecule has 0 spiro atoms. The number of carbonyl (C=O) groups excluding carboxylic acids is 1. The van der Waals surface area contributed by atoms with Gasteiger partial charge in [-0.15, -0.1) is 0 Å². The van der Waals surface area contributed by atoms with Gasteiger partial charge in [0, 0.05) is 26.2 Å². The van der Waals surface area contributed by atoms with E-state index in [1.807, 2.05) is 23.7 Å². The van der Waals surface area contributed by atoms with E-state index in [-0.39, 0.29) is 5.91 Å². The Labute approximate surface area is 189 Å². The van der Waals surface area contributed by atoms with Crippen LogP contribution in [0.5, 0.6) is 5.88 Å². The van der Waals surface area contributed by atoms with Crippen molar-refractivity contribution in [3.63, 3.8) is 0 Å². The molecule has 3 aliphatic rings. The second kappa shape index (κ2) is 8.61. The van der Waals surface area contributed by atoms with Gasteiger partial charge >= 0.3 is 0 Å². The number of amides is 1. The molecule has 172 valence electrons. The topological polar surface area (TPSA) is 87.6 Å². The fraction of sp³-hybridized carbons (Fsp3) is 0.609. The van der Waals surface area contributed by atoms with E-state index in [9.17, 15) is 4.79 Å². The molecule has 2 fully saturated rings. The normalized spacial score (nSPS) is 22.3. The number of methoxy groups -OCH3 is 1. The number of anilines is 2. The second-order valence-corrected chi connectivity index (χ2v) is 9.15. The first-order chi connectivity index (χ1) is 15.5. The molecule has 2 aromatic rings. The number of nitrogens with one attached hydrogen (secondary N) is 2. The summed E-state index contributed by atoms with van der Waals surface area (Å²) < 4.78 is 7.60. The van der Waals surface area contributed by atoms with E-state index >= 15 is 0 Å². The number of piperazine rings is 1. The number of pyridine rings is 1. The maximum Gasteiger partial charge on any atom is 0.273 e. The second-order valence-electron chi connectivity index (χ2n) is 9.15. The fourth-order valence-corrected chi connectivity index (χ4v) is 5.10. The number of hydrogen-bond acceptors (Lipinski definition) is 7. The molecule has 2 aliphatic heterocycles. The number of carbonyl (C=O) groups is 1. The minimum atomic E-state index is -0.415. The van der Waals surface area contributed by atoms with Crippen LogP contribution in [0.15, 0.2) is 12.1 Å². The van der Waals surface area contributed by atoms with Gasteiger partial charge in [-0.2, -0.15) is 10.1 Å². The van der Waals surface area contributed by atoms with Gasteiger partial charge in [0.25, 0.3) is 5.91 Å². The zero-order valence-electron chi connectivity index (χ0n) is 19.2. The Hall–Kier alpha value is -2.81. The SMILES string of the molecule is COc1nc(N2CCN(C)CC2)ccc1C1NC(=O)c2c(c(C)nn2C2CCCCC2)N1. The van der Waals surface area contributed by atoms with Gasteiger partial charge in [0.1, 0.15) is 17.7 Å². The molecule has 0 bridgehead atoms. The average molecular weight is 440 g/mol. The maximum absolute atomic E-state index is 13.2. The molecule has 1 amide bonds. The van der Waals surface area contributed by atoms with Gasteiger partial charge in [-0.3, -0.25) is 9.48 Å². The molecule has 5 rings (SSSR count). The zero-order valence-corrected chi connectivity index (χ0v) is 19.2. The van der Waals surface area contributed by atoms with Crippen LogP contribution in [-0.2, 0) is 0 Å². The molecule has 1 aliphatic carbocycles. The van der Waals surface area contributed by atoms with Crippen molar-refractivity contribution in [2.75, 3.05) is 50.6 Å². The highest BCUT2D eigenvalue weighted by molar-refractivity contribution is 6.00. The average Bonchev–Trinajstić information content (AvgIpc) is 3.16. The van der Waals surface area contributed by atoms with Crippen LogP contribution in [0.25, 0.3) is 0 Å². The van der Waals surface area contributed by atoms with Gasteiger partial charge < -0.3 is 25.2 Å². The number of nitrogens with zero attached hydrogens (tertiary/aromatic N) is 5. The van der Waals surface area contributed by atoms with Crippen molar-refractivity contribution in [3.8, 4) is 5.88 Å². The first kappa shape index (κ1) is 21.1. The number of aryl methyl sites for hydroxylation is 1. The lowest BCUT2D eigenvalue weighted by molar-refractivity contribution is 0.0919. The van der Waals surface area contributed by atoms with E-state index in [0.29, 0.717) is 17.6 Å². The van der Waals surface area contributed by atoms with E-state index in [2.05, 4.69) is 27.5 Å². The Bertz CT molecular complexity index is 990. The molecule has 2 N–H and O–H groups in total. The maximum atomic E-state index is 13.2. The fourth-order valence-electron chi connectivity index (χ4n) is 5.10. The van der Waals surface area contributed by atoms with Gasteiger partial charge in [0.2, 0.25) is 5.88 Å². The van der Waals surface area contributed by atoms with Gasteiger partial charge in [-0.1, -0.05) is 19.3 Å². The molecule has 2 aromatic heterocycles. The molecule has 9 heteroatoms. The van der Waals surface area contributed by atoms with E-state index < -0.39 is 6.17 Å². The molecular weight excluding hydrogens is 406 g/mol. The minimum Gasteiger partial charge on any atom is -0.481 e. The summed E-state index contributed by atoms with van der Waals surface area (Å²) in [5, 5.41) is 11.4. The van der Waals surface area contributed by atoms with Crippen molar-refractivity contribution >= 4 is 17.4 Å². The summed E-state index contributed by atoms with van der Waals surface area (Å²) in [4.78, 5) is 22.6. The highest BCUT2D eigenvalue weighted by Gasteiger charge is 2.34. The highest BCUT2D eigenvalue weighted by atomic mass is 16.5. The molecule has 0 radical (unpaired) electrons. The van der Waals surface area contributed by atoms with Crippen molar-refractivity contribution in [2.45, 2.75) is 51.2 Å². The van der Waals surface area contributed by atoms with Crippen molar-refractivity contribution in [1.82, 2.24) is 25.0 Å². The Morgan fingerprint density at radius 3 is 2.53 bits per heavy atom. The van der Waals surface area contributed by atoms with Gasteiger partial charge in [-0.25, -0.2) is 0 Å². The minimum absolute atomic E-state index is 0.0971. The highest BCUT2D eigenvalue weighted by Crippen LogP contribution is 2.37. The monoisotopic (exact) mass is 439 g/mol. The van der Waals surface area contributed by atoms with Gasteiger partial charge in [0.15, 0.2) is 0 Å². The van der Waals surface area contributed by atoms with Gasteiger partial charge in [-0.05, 0) is 38.9 Å². The lowest BCUT2D eigenvalue weighted by Gasteiger charge is -2.34. The number of rotatable bonds is 4. The summed E-state index contributed by atoms with van der Waals surface area (Å²) in [6.07, 6.45) is 5.40. The van der Waals surface area contributed by atoms with E-state index in [0.717, 1.165) is 61.8 Å². The number of fused-ring (bicyclic) bond motifs is 1. The Kier molecular flexibility index (Phi) is 5.67. The summed E-state index contributed by atoms with van der Waals surface area (Å²) >= 11 is 0. The van der Waals surface area contributed by atoms with Crippen LogP contribution < -0.4 is 20.3 Å². The van der Waals surface area contributed by atoms with Gasteiger partial charge in [0.05, 0.1) is 30.1 Å². The lowest BCUT2D eigenvalue weighted by atomic mass is 9.95. The molecular formula is C23H33N7O2. The molecule has 1 atom stereocenters. The number of aromatic nitrogens is 3. The number of ether oxygens (including phenoxy) is 1. The van der Waals surface area contributed by atoms with Crippen molar-refractivity contribution in [2.24, 2.45) is 0 Å². The molecule has 0 aromatic carbocycles. The van der Waals surface area contributed by atoms with Crippen LogP contribution >= 0.6 is 0 Å². The van der Waals surface area contributed by atoms with Crippen LogP contribution in [0.2, 0.25) is 0 Å². The summed E-state index contributed by atoms with van der Waals surface area (Å²) in [7, 11) is 3.76. The van der Waals surface area contributed by atoms with Crippen molar-refractivity contribution < 1.29 is 9.53 Å². The predicted octanol–water partition coefficient (Wildman–Crippen LogP) is 2.71. The third-order valence-corrected chi connectivity index (χ3v) is 6.99. The van der Waals surface area contributed by atoms with E-state index in [1.165, 1.54) is 19.3 Å². The summed E-state index contributed by atoms with van der Waals surface area (Å²) in [6.45, 7) is 5.87. The Morgan fingerprint density at radius 1 is 1.06 bits per heavy atom. The van der Waals surface area contributed by atoms with Crippen LogP contribution in [-0.4, -0.2) is 65.9 Å². The Balaban J connectivity index is 1.41. The molecule has 32 heavy (non-hydrogen) atoms. The molecule has 9 nitrogen and oxygen atoms in total. The quantitative estimate of drug-likeness (QED) is 0.757. The molecule has 1 unspecified atom stereocenters. The van der Waals surface area contributed by atoms with Crippen molar-refractivity contribution in [3.05, 3.63) is 29.1 Å². The van der Waals surface area contributed by atoms with Crippen LogP contribution in [0, 0.1) is 6.92 Å². The van der Waals surface area contributed by atoms with Crippen LogP contribution in [0.4, 0.5) is 11.5 Å². The van der Waals surface area contributed by atoms with Crippen molar-refractivity contribution in [1.29, 1.82) is 0 Å². The summed E-state index contributed by atoms with van der Waals surface area (Å²) in [5.41, 5.74) is 3.13. The summed E-state index contributed by atoms with van der Waals surface area (Å²) in [6, 6.07) is 4.32. The largest absolute Gasteiger partial charge is 0.481 e.